The standard InChI is InChI=1S/C22H27N7OS/c1-15-23-13-19(31-15)22(30)29-5-3-16(4-6-29)20-21-18(25-14-26-20)11-17(12-24-21)28-9-7-27(2)8-10-28/h11-14,16H,3-10H2,1-2H3. The summed E-state index contributed by atoms with van der Waals surface area (Å²) in [5.41, 5.74) is 3.93. The van der Waals surface area contributed by atoms with Gasteiger partial charge in [0.15, 0.2) is 0 Å². The van der Waals surface area contributed by atoms with Crippen molar-refractivity contribution in [3.63, 3.8) is 0 Å². The molecule has 0 aromatic carbocycles. The summed E-state index contributed by atoms with van der Waals surface area (Å²) in [6.07, 6.45) is 7.08. The number of fused-ring (bicyclic) bond motifs is 1. The quantitative estimate of drug-likeness (QED) is 0.623. The number of nitrogens with zero attached hydrogens (tertiary/aromatic N) is 7. The van der Waals surface area contributed by atoms with Crippen LogP contribution >= 0.6 is 11.3 Å². The molecule has 0 N–H and O–H groups in total. The number of aryl methyl sites for hydroxylation is 1. The number of aromatic nitrogens is 4. The fraction of sp³-hybridized carbons (Fsp3) is 0.500. The summed E-state index contributed by atoms with van der Waals surface area (Å²) in [6.45, 7) is 7.52. The number of amides is 1. The molecule has 0 spiro atoms. The zero-order valence-corrected chi connectivity index (χ0v) is 18.8. The molecule has 0 saturated carbocycles. The summed E-state index contributed by atoms with van der Waals surface area (Å²) in [5, 5.41) is 0.924. The van der Waals surface area contributed by atoms with Gasteiger partial charge in [0.05, 0.1) is 34.3 Å². The van der Waals surface area contributed by atoms with E-state index in [4.69, 9.17) is 4.98 Å². The number of likely N-dealkylation sites (tertiary alicyclic amines) is 1. The monoisotopic (exact) mass is 437 g/mol. The molecule has 0 unspecified atom stereocenters. The maximum Gasteiger partial charge on any atom is 0.265 e. The van der Waals surface area contributed by atoms with E-state index in [2.05, 4.69) is 37.9 Å². The molecule has 0 atom stereocenters. The lowest BCUT2D eigenvalue weighted by atomic mass is 9.92. The maximum absolute atomic E-state index is 12.7. The van der Waals surface area contributed by atoms with Crippen molar-refractivity contribution in [2.24, 2.45) is 0 Å². The fourth-order valence-electron chi connectivity index (χ4n) is 4.46. The van der Waals surface area contributed by atoms with E-state index < -0.39 is 0 Å². The highest BCUT2D eigenvalue weighted by molar-refractivity contribution is 7.13. The number of likely N-dealkylation sites (N-methyl/N-ethyl adjacent to an activating group) is 1. The second kappa shape index (κ2) is 8.47. The second-order valence-corrected chi connectivity index (χ2v) is 9.66. The molecular weight excluding hydrogens is 410 g/mol. The molecule has 0 aliphatic carbocycles. The highest BCUT2D eigenvalue weighted by Gasteiger charge is 2.28. The number of carbonyl (C=O) groups excluding carboxylic acids is 1. The van der Waals surface area contributed by atoms with E-state index in [1.165, 1.54) is 11.3 Å². The van der Waals surface area contributed by atoms with Crippen molar-refractivity contribution in [3.8, 4) is 0 Å². The van der Waals surface area contributed by atoms with Crippen LogP contribution in [0.15, 0.2) is 24.8 Å². The zero-order valence-electron chi connectivity index (χ0n) is 18.0. The van der Waals surface area contributed by atoms with Gasteiger partial charge in [-0.05, 0) is 32.9 Å². The Morgan fingerprint density at radius 3 is 2.48 bits per heavy atom. The van der Waals surface area contributed by atoms with Gasteiger partial charge in [0, 0.05) is 45.2 Å². The van der Waals surface area contributed by atoms with Crippen molar-refractivity contribution < 1.29 is 4.79 Å². The molecule has 2 aliphatic heterocycles. The van der Waals surface area contributed by atoms with Gasteiger partial charge in [-0.15, -0.1) is 11.3 Å². The van der Waals surface area contributed by atoms with Crippen LogP contribution in [-0.4, -0.2) is 82.0 Å². The number of piperidine rings is 1. The number of anilines is 1. The van der Waals surface area contributed by atoms with E-state index in [9.17, 15) is 4.79 Å². The molecule has 2 fully saturated rings. The minimum Gasteiger partial charge on any atom is -0.368 e. The van der Waals surface area contributed by atoms with Gasteiger partial charge < -0.3 is 14.7 Å². The van der Waals surface area contributed by atoms with Crippen LogP contribution in [0.2, 0.25) is 0 Å². The molecular formula is C22H27N7OS. The number of pyridine rings is 1. The van der Waals surface area contributed by atoms with Crippen molar-refractivity contribution >= 4 is 34.0 Å². The Bertz CT molecular complexity index is 1080. The largest absolute Gasteiger partial charge is 0.368 e. The Balaban J connectivity index is 1.31. The van der Waals surface area contributed by atoms with Crippen LogP contribution < -0.4 is 4.90 Å². The first kappa shape index (κ1) is 20.3. The summed E-state index contributed by atoms with van der Waals surface area (Å²) < 4.78 is 0. The maximum atomic E-state index is 12.7. The predicted molar refractivity (Wildman–Crippen MR) is 122 cm³/mol. The van der Waals surface area contributed by atoms with Crippen LogP contribution in [0.4, 0.5) is 5.69 Å². The third-order valence-electron chi connectivity index (χ3n) is 6.36. The van der Waals surface area contributed by atoms with Gasteiger partial charge in [-0.25, -0.2) is 15.0 Å². The Morgan fingerprint density at radius 2 is 1.77 bits per heavy atom. The fourth-order valence-corrected chi connectivity index (χ4v) is 5.21. The highest BCUT2D eigenvalue weighted by atomic mass is 32.1. The molecule has 31 heavy (non-hydrogen) atoms. The van der Waals surface area contributed by atoms with E-state index in [1.807, 2.05) is 18.0 Å². The Hall–Kier alpha value is -2.65. The average Bonchev–Trinajstić information content (AvgIpc) is 3.25. The Morgan fingerprint density at radius 1 is 1.00 bits per heavy atom. The smallest absolute Gasteiger partial charge is 0.265 e. The molecule has 9 heteroatoms. The summed E-state index contributed by atoms with van der Waals surface area (Å²) >= 11 is 1.46. The summed E-state index contributed by atoms with van der Waals surface area (Å²) in [6, 6.07) is 2.14. The van der Waals surface area contributed by atoms with Crippen molar-refractivity contribution in [2.45, 2.75) is 25.7 Å². The minimum atomic E-state index is 0.0894. The topological polar surface area (TPSA) is 78.4 Å². The SMILES string of the molecule is Cc1ncc(C(=O)N2CCC(c3ncnc4cc(N5CCN(C)CC5)cnc34)CC2)s1. The van der Waals surface area contributed by atoms with E-state index in [1.54, 1.807) is 12.5 Å². The third kappa shape index (κ3) is 4.12. The second-order valence-electron chi connectivity index (χ2n) is 8.42. The number of thiazole rings is 1. The Labute approximate surface area is 185 Å². The lowest BCUT2D eigenvalue weighted by Crippen LogP contribution is -2.44. The lowest BCUT2D eigenvalue weighted by molar-refractivity contribution is 0.0717. The lowest BCUT2D eigenvalue weighted by Gasteiger charge is -2.34. The average molecular weight is 438 g/mol. The summed E-state index contributed by atoms with van der Waals surface area (Å²) in [7, 11) is 2.16. The minimum absolute atomic E-state index is 0.0894. The first-order chi connectivity index (χ1) is 15.1. The highest BCUT2D eigenvalue weighted by Crippen LogP contribution is 2.32. The van der Waals surface area contributed by atoms with E-state index in [-0.39, 0.29) is 5.91 Å². The van der Waals surface area contributed by atoms with Crippen LogP contribution in [0, 0.1) is 6.92 Å². The molecule has 8 nitrogen and oxygen atoms in total. The van der Waals surface area contributed by atoms with Crippen LogP contribution in [0.5, 0.6) is 0 Å². The van der Waals surface area contributed by atoms with Crippen molar-refractivity contribution in [2.75, 3.05) is 51.2 Å². The number of carbonyl (C=O) groups is 1. The molecule has 5 rings (SSSR count). The van der Waals surface area contributed by atoms with Crippen LogP contribution in [-0.2, 0) is 0 Å². The summed E-state index contributed by atoms with van der Waals surface area (Å²) in [4.78, 5) is 38.2. The van der Waals surface area contributed by atoms with Gasteiger partial charge in [-0.3, -0.25) is 9.78 Å². The first-order valence-electron chi connectivity index (χ1n) is 10.8. The van der Waals surface area contributed by atoms with E-state index >= 15 is 0 Å². The van der Waals surface area contributed by atoms with Gasteiger partial charge in [0.25, 0.3) is 5.91 Å². The van der Waals surface area contributed by atoms with Gasteiger partial charge in [-0.1, -0.05) is 0 Å². The van der Waals surface area contributed by atoms with Gasteiger partial charge in [-0.2, -0.15) is 0 Å². The Kier molecular flexibility index (Phi) is 5.54. The predicted octanol–water partition coefficient (Wildman–Crippen LogP) is 2.56. The molecule has 5 heterocycles. The normalized spacial score (nSPS) is 18.6. The molecule has 3 aromatic rings. The van der Waals surface area contributed by atoms with Gasteiger partial charge in [0.1, 0.15) is 16.7 Å². The number of hydrogen-bond donors (Lipinski definition) is 0. The third-order valence-corrected chi connectivity index (χ3v) is 7.26. The van der Waals surface area contributed by atoms with Gasteiger partial charge in [0.2, 0.25) is 0 Å². The molecule has 3 aromatic heterocycles. The molecule has 2 saturated heterocycles. The molecule has 162 valence electrons. The van der Waals surface area contributed by atoms with Crippen molar-refractivity contribution in [1.82, 2.24) is 29.7 Å². The van der Waals surface area contributed by atoms with Gasteiger partial charge >= 0.3 is 0 Å². The zero-order chi connectivity index (χ0) is 21.4. The molecule has 0 bridgehead atoms. The van der Waals surface area contributed by atoms with E-state index in [0.717, 1.165) is 84.4 Å². The number of hydrogen-bond acceptors (Lipinski definition) is 8. The summed E-state index contributed by atoms with van der Waals surface area (Å²) in [5.74, 6) is 0.381. The number of rotatable bonds is 3. The number of piperazine rings is 1. The molecule has 0 radical (unpaired) electrons. The first-order valence-corrected chi connectivity index (χ1v) is 11.7. The molecule has 1 amide bonds. The molecule has 2 aliphatic rings. The van der Waals surface area contributed by atoms with Crippen molar-refractivity contribution in [1.29, 1.82) is 0 Å². The van der Waals surface area contributed by atoms with Crippen LogP contribution in [0.25, 0.3) is 11.0 Å². The van der Waals surface area contributed by atoms with Crippen LogP contribution in [0.1, 0.15) is 39.1 Å². The van der Waals surface area contributed by atoms with Crippen molar-refractivity contribution in [3.05, 3.63) is 40.4 Å². The van der Waals surface area contributed by atoms with E-state index in [0.29, 0.717) is 5.92 Å². The van der Waals surface area contributed by atoms with Crippen LogP contribution in [0.3, 0.4) is 0 Å².